The minimum atomic E-state index is -1.04. The Bertz CT molecular complexity index is 1200. The number of nitrogens with zero attached hydrogens (tertiary/aromatic N) is 2. The maximum Gasteiger partial charge on any atom is 0.296 e. The molecule has 31 heavy (non-hydrogen) atoms. The summed E-state index contributed by atoms with van der Waals surface area (Å²) in [4.78, 5) is 37.7. The van der Waals surface area contributed by atoms with E-state index in [1.807, 2.05) is 0 Å². The number of benzene rings is 2. The van der Waals surface area contributed by atoms with E-state index in [1.165, 1.54) is 53.6 Å². The van der Waals surface area contributed by atoms with Crippen LogP contribution in [0.3, 0.4) is 0 Å². The van der Waals surface area contributed by atoms with Gasteiger partial charge in [-0.1, -0.05) is 23.7 Å². The first kappa shape index (κ1) is 20.4. The van der Waals surface area contributed by atoms with Crippen molar-refractivity contribution in [2.75, 3.05) is 0 Å². The van der Waals surface area contributed by atoms with Crippen LogP contribution in [0.4, 0.5) is 5.69 Å². The zero-order valence-electron chi connectivity index (χ0n) is 15.9. The first-order valence-corrected chi connectivity index (χ1v) is 9.55. The molecule has 0 aliphatic carbocycles. The van der Waals surface area contributed by atoms with Crippen molar-refractivity contribution in [3.05, 3.63) is 105 Å². The Morgan fingerprint density at radius 3 is 2.52 bits per heavy atom. The van der Waals surface area contributed by atoms with Gasteiger partial charge in [0.15, 0.2) is 0 Å². The van der Waals surface area contributed by atoms with Crippen LogP contribution in [0.2, 0.25) is 5.02 Å². The Hall–Kier alpha value is -3.91. The van der Waals surface area contributed by atoms with Crippen LogP contribution in [0.1, 0.15) is 22.9 Å². The summed E-state index contributed by atoms with van der Waals surface area (Å²) in [5.41, 5.74) is 0.234. The molecule has 156 valence electrons. The lowest BCUT2D eigenvalue weighted by molar-refractivity contribution is -0.384. The SMILES string of the molecule is O=C1C(=O)N(Cc2ccco2)C(c2cccc([N+](=O)[O-])c2)C1=C(O)c1ccc(Cl)cc1. The average Bonchev–Trinajstić information content (AvgIpc) is 3.36. The summed E-state index contributed by atoms with van der Waals surface area (Å²) in [6, 6.07) is 14.0. The number of aliphatic hydroxyl groups excluding tert-OH is 1. The molecule has 2 aromatic carbocycles. The number of hydrogen-bond acceptors (Lipinski definition) is 6. The van der Waals surface area contributed by atoms with Gasteiger partial charge in [0.2, 0.25) is 0 Å². The third kappa shape index (κ3) is 3.80. The Kier molecular flexibility index (Phi) is 5.31. The fourth-order valence-corrected chi connectivity index (χ4v) is 3.66. The summed E-state index contributed by atoms with van der Waals surface area (Å²) in [6.45, 7) is -0.0532. The second-order valence-electron chi connectivity index (χ2n) is 6.87. The molecular formula is C22H15ClN2O6. The zero-order valence-corrected chi connectivity index (χ0v) is 16.7. The number of hydrogen-bond donors (Lipinski definition) is 1. The second-order valence-corrected chi connectivity index (χ2v) is 7.30. The lowest BCUT2D eigenvalue weighted by atomic mass is 9.95. The van der Waals surface area contributed by atoms with Gasteiger partial charge in [-0.25, -0.2) is 0 Å². The van der Waals surface area contributed by atoms with Gasteiger partial charge < -0.3 is 14.4 Å². The van der Waals surface area contributed by atoms with E-state index in [-0.39, 0.29) is 23.4 Å². The monoisotopic (exact) mass is 438 g/mol. The van der Waals surface area contributed by atoms with Gasteiger partial charge in [-0.3, -0.25) is 19.7 Å². The lowest BCUT2D eigenvalue weighted by Crippen LogP contribution is -2.29. The normalized spacial score (nSPS) is 17.8. The smallest absolute Gasteiger partial charge is 0.296 e. The lowest BCUT2D eigenvalue weighted by Gasteiger charge is -2.24. The van der Waals surface area contributed by atoms with Crippen LogP contribution in [0.15, 0.2) is 76.9 Å². The number of ketones is 1. The van der Waals surface area contributed by atoms with E-state index in [2.05, 4.69) is 0 Å². The van der Waals surface area contributed by atoms with Gasteiger partial charge in [-0.2, -0.15) is 0 Å². The minimum Gasteiger partial charge on any atom is -0.507 e. The molecule has 0 radical (unpaired) electrons. The van der Waals surface area contributed by atoms with Gasteiger partial charge in [-0.15, -0.1) is 0 Å². The maximum atomic E-state index is 12.9. The number of likely N-dealkylation sites (tertiary alicyclic amines) is 1. The van der Waals surface area contributed by atoms with Crippen LogP contribution in [0.25, 0.3) is 5.76 Å². The Labute approximate surface area is 181 Å². The fourth-order valence-electron chi connectivity index (χ4n) is 3.53. The van der Waals surface area contributed by atoms with Gasteiger partial charge in [0.25, 0.3) is 17.4 Å². The number of carbonyl (C=O) groups excluding carboxylic acids is 2. The number of rotatable bonds is 5. The highest BCUT2D eigenvalue weighted by Gasteiger charge is 2.46. The molecule has 1 aromatic heterocycles. The fraction of sp³-hybridized carbons (Fsp3) is 0.0909. The number of carbonyl (C=O) groups is 2. The standard InChI is InChI=1S/C22H15ClN2O6/c23-15-8-6-13(7-9-15)20(26)18-19(14-3-1-4-16(11-14)25(29)30)24(22(28)21(18)27)12-17-5-2-10-31-17/h1-11,19,26H,12H2. The van der Waals surface area contributed by atoms with E-state index in [4.69, 9.17) is 16.0 Å². The molecular weight excluding hydrogens is 424 g/mol. The number of amides is 1. The second kappa shape index (κ2) is 8.08. The van der Waals surface area contributed by atoms with Crippen molar-refractivity contribution in [2.45, 2.75) is 12.6 Å². The quantitative estimate of drug-likeness (QED) is 0.207. The first-order chi connectivity index (χ1) is 14.9. The van der Waals surface area contributed by atoms with Crippen molar-refractivity contribution >= 4 is 34.7 Å². The van der Waals surface area contributed by atoms with E-state index >= 15 is 0 Å². The molecule has 1 N–H and O–H groups in total. The molecule has 1 aliphatic rings. The molecule has 1 aliphatic heterocycles. The molecule has 3 aromatic rings. The van der Waals surface area contributed by atoms with Crippen LogP contribution in [-0.2, 0) is 16.1 Å². The largest absolute Gasteiger partial charge is 0.507 e. The predicted molar refractivity (Wildman–Crippen MR) is 111 cm³/mol. The summed E-state index contributed by atoms with van der Waals surface area (Å²) in [5, 5.41) is 22.6. The van der Waals surface area contributed by atoms with E-state index in [0.717, 1.165) is 0 Å². The molecule has 1 unspecified atom stereocenters. The number of halogens is 1. The molecule has 1 atom stereocenters. The third-order valence-electron chi connectivity index (χ3n) is 4.96. The molecule has 1 saturated heterocycles. The third-order valence-corrected chi connectivity index (χ3v) is 5.21. The van der Waals surface area contributed by atoms with Gasteiger partial charge in [0.1, 0.15) is 11.5 Å². The summed E-state index contributed by atoms with van der Waals surface area (Å²) in [7, 11) is 0. The molecule has 2 heterocycles. The average molecular weight is 439 g/mol. The predicted octanol–water partition coefficient (Wildman–Crippen LogP) is 4.46. The summed E-state index contributed by atoms with van der Waals surface area (Å²) in [5.74, 6) is -1.71. The minimum absolute atomic E-state index is 0.0532. The Morgan fingerprint density at radius 2 is 1.87 bits per heavy atom. The van der Waals surface area contributed by atoms with Crippen molar-refractivity contribution in [1.82, 2.24) is 4.90 Å². The van der Waals surface area contributed by atoms with Crippen LogP contribution in [0, 0.1) is 10.1 Å². The number of furan rings is 1. The molecule has 0 spiro atoms. The van der Waals surface area contributed by atoms with Gasteiger partial charge in [-0.05, 0) is 42.0 Å². The number of Topliss-reactive ketones (excluding diaryl/α,β-unsaturated/α-hetero) is 1. The first-order valence-electron chi connectivity index (χ1n) is 9.18. The van der Waals surface area contributed by atoms with Crippen LogP contribution in [0.5, 0.6) is 0 Å². The van der Waals surface area contributed by atoms with Gasteiger partial charge in [0, 0.05) is 22.7 Å². The van der Waals surface area contributed by atoms with E-state index in [0.29, 0.717) is 16.3 Å². The molecule has 8 nitrogen and oxygen atoms in total. The maximum absolute atomic E-state index is 12.9. The summed E-state index contributed by atoms with van der Waals surface area (Å²) < 4.78 is 5.31. The molecule has 0 saturated carbocycles. The highest BCUT2D eigenvalue weighted by Crippen LogP contribution is 2.41. The summed E-state index contributed by atoms with van der Waals surface area (Å²) >= 11 is 5.90. The summed E-state index contributed by atoms with van der Waals surface area (Å²) in [6.07, 6.45) is 1.43. The van der Waals surface area contributed by atoms with E-state index in [1.54, 1.807) is 18.2 Å². The van der Waals surface area contributed by atoms with Crippen molar-refractivity contribution in [1.29, 1.82) is 0 Å². The molecule has 1 amide bonds. The van der Waals surface area contributed by atoms with Gasteiger partial charge >= 0.3 is 0 Å². The van der Waals surface area contributed by atoms with Crippen molar-refractivity contribution < 1.29 is 24.0 Å². The van der Waals surface area contributed by atoms with E-state index < -0.39 is 28.4 Å². The number of aliphatic hydroxyl groups is 1. The van der Waals surface area contributed by atoms with Crippen molar-refractivity contribution in [3.8, 4) is 0 Å². The number of nitro benzene ring substituents is 1. The van der Waals surface area contributed by atoms with Crippen molar-refractivity contribution in [3.63, 3.8) is 0 Å². The Balaban J connectivity index is 1.89. The Morgan fingerprint density at radius 1 is 1.13 bits per heavy atom. The van der Waals surface area contributed by atoms with Crippen LogP contribution < -0.4 is 0 Å². The number of non-ortho nitro benzene ring substituents is 1. The van der Waals surface area contributed by atoms with Gasteiger partial charge in [0.05, 0.1) is 29.3 Å². The molecule has 0 bridgehead atoms. The van der Waals surface area contributed by atoms with Crippen LogP contribution >= 0.6 is 11.6 Å². The molecule has 4 rings (SSSR count). The molecule has 1 fully saturated rings. The highest BCUT2D eigenvalue weighted by molar-refractivity contribution is 6.46. The zero-order chi connectivity index (χ0) is 22.1. The van der Waals surface area contributed by atoms with Crippen molar-refractivity contribution in [2.24, 2.45) is 0 Å². The molecule has 9 heteroatoms. The van der Waals surface area contributed by atoms with E-state index in [9.17, 15) is 24.8 Å². The topological polar surface area (TPSA) is 114 Å². The van der Waals surface area contributed by atoms with Crippen LogP contribution in [-0.4, -0.2) is 26.6 Å². The highest BCUT2D eigenvalue weighted by atomic mass is 35.5. The number of nitro groups is 1.